The first-order valence-electron chi connectivity index (χ1n) is 22.4. The zero-order valence-electron chi connectivity index (χ0n) is 35.6. The summed E-state index contributed by atoms with van der Waals surface area (Å²) >= 11 is 0. The Kier molecular flexibility index (Phi) is 7.91. The van der Waals surface area contributed by atoms with Gasteiger partial charge >= 0.3 is 0 Å². The molecule has 0 N–H and O–H groups in total. The van der Waals surface area contributed by atoms with Crippen molar-refractivity contribution in [3.63, 3.8) is 0 Å². The molecule has 0 saturated heterocycles. The summed E-state index contributed by atoms with van der Waals surface area (Å²) in [6, 6.07) is 80.6. The summed E-state index contributed by atoms with van der Waals surface area (Å²) in [5, 5.41) is 14.4. The minimum Gasteiger partial charge on any atom is -0.309 e. The van der Waals surface area contributed by atoms with Crippen molar-refractivity contribution < 1.29 is 0 Å². The van der Waals surface area contributed by atoms with E-state index in [4.69, 9.17) is 15.0 Å². The van der Waals surface area contributed by atoms with Crippen molar-refractivity contribution in [2.75, 3.05) is 0 Å². The van der Waals surface area contributed by atoms with Crippen LogP contribution >= 0.6 is 0 Å². The molecule has 5 heteroatoms. The maximum absolute atomic E-state index is 5.32. The molecule has 66 heavy (non-hydrogen) atoms. The Hall–Kier alpha value is -8.93. The maximum atomic E-state index is 5.32. The van der Waals surface area contributed by atoms with Gasteiger partial charge in [0.2, 0.25) is 0 Å². The van der Waals surface area contributed by atoms with Gasteiger partial charge in [-0.25, -0.2) is 15.0 Å². The lowest BCUT2D eigenvalue weighted by atomic mass is 9.97. The fraction of sp³-hybridized carbons (Fsp3) is 0. The first-order valence-corrected chi connectivity index (χ1v) is 22.4. The Balaban J connectivity index is 0.990. The third-order valence-electron chi connectivity index (χ3n) is 13.5. The molecule has 0 bridgehead atoms. The highest BCUT2D eigenvalue weighted by molar-refractivity contribution is 6.17. The Morgan fingerprint density at radius 2 is 0.727 bits per heavy atom. The summed E-state index contributed by atoms with van der Waals surface area (Å²) in [7, 11) is 0. The number of nitrogens with zero attached hydrogens (tertiary/aromatic N) is 5. The van der Waals surface area contributed by atoms with Crippen LogP contribution in [-0.4, -0.2) is 24.1 Å². The molecule has 0 fully saturated rings. The molecule has 0 spiro atoms. The predicted molar refractivity (Wildman–Crippen MR) is 275 cm³/mol. The van der Waals surface area contributed by atoms with E-state index in [1.165, 1.54) is 64.9 Å². The summed E-state index contributed by atoms with van der Waals surface area (Å²) in [6.45, 7) is 0. The summed E-state index contributed by atoms with van der Waals surface area (Å²) in [4.78, 5) is 15.7. The van der Waals surface area contributed by atoms with E-state index < -0.39 is 0 Å². The highest BCUT2D eigenvalue weighted by atomic mass is 15.0. The van der Waals surface area contributed by atoms with Crippen molar-refractivity contribution >= 4 is 86.7 Å². The Labute approximate surface area is 379 Å². The molecule has 3 aromatic heterocycles. The molecule has 0 saturated carbocycles. The maximum Gasteiger partial charge on any atom is 0.164 e. The van der Waals surface area contributed by atoms with Gasteiger partial charge in [-0.15, -0.1) is 0 Å². The van der Waals surface area contributed by atoms with Crippen molar-refractivity contribution in [1.82, 2.24) is 24.1 Å². The first-order chi connectivity index (χ1) is 32.7. The highest BCUT2D eigenvalue weighted by Gasteiger charge is 2.20. The van der Waals surface area contributed by atoms with Gasteiger partial charge in [-0.3, -0.25) is 0 Å². The second-order valence-electron chi connectivity index (χ2n) is 17.2. The number of hydrogen-bond acceptors (Lipinski definition) is 3. The molecule has 306 valence electrons. The largest absolute Gasteiger partial charge is 0.309 e. The lowest BCUT2D eigenvalue weighted by molar-refractivity contribution is 1.07. The minimum absolute atomic E-state index is 0.616. The molecule has 0 aliphatic rings. The van der Waals surface area contributed by atoms with Gasteiger partial charge in [0.1, 0.15) is 0 Å². The third-order valence-corrected chi connectivity index (χ3v) is 13.5. The summed E-state index contributed by atoms with van der Waals surface area (Å²) < 4.78 is 4.84. The van der Waals surface area contributed by atoms with Gasteiger partial charge in [0.15, 0.2) is 17.5 Å². The molecule has 14 aromatic rings. The Bertz CT molecular complexity index is 4290. The molecule has 11 aromatic carbocycles. The van der Waals surface area contributed by atoms with E-state index >= 15 is 0 Å². The van der Waals surface area contributed by atoms with Gasteiger partial charge in [-0.1, -0.05) is 158 Å². The lowest BCUT2D eigenvalue weighted by Gasteiger charge is -2.14. The highest BCUT2D eigenvalue weighted by Crippen LogP contribution is 2.41. The second-order valence-corrected chi connectivity index (χ2v) is 17.2. The van der Waals surface area contributed by atoms with Crippen LogP contribution in [0.1, 0.15) is 0 Å². The zero-order chi connectivity index (χ0) is 43.3. The number of aromatic nitrogens is 5. The van der Waals surface area contributed by atoms with Crippen molar-refractivity contribution in [3.8, 4) is 45.5 Å². The van der Waals surface area contributed by atoms with E-state index in [1.807, 2.05) is 18.2 Å². The summed E-state index contributed by atoms with van der Waals surface area (Å²) in [5.41, 5.74) is 9.60. The molecule has 0 aliphatic heterocycles. The van der Waals surface area contributed by atoms with E-state index in [1.54, 1.807) is 0 Å². The standard InChI is InChI=1S/C61H37N5/c1-2-15-38(16-3-1)59-62-60(64-61(63-59)54-34-43-21-8-9-24-47(43)48-25-10-11-26-49(48)54)44-22-14-23-45(31-44)65-56-30-29-46(37-53(56)52-33-40-18-5-7-20-42(40)36-58(52)65)66-55-28-13-12-27-50(55)51-32-39-17-4-6-19-41(39)35-57(51)66/h1-37H. The van der Waals surface area contributed by atoms with Gasteiger partial charge in [0.25, 0.3) is 0 Å². The normalized spacial score (nSPS) is 11.9. The second kappa shape index (κ2) is 14.3. The fourth-order valence-corrected chi connectivity index (χ4v) is 10.4. The number of para-hydroxylation sites is 1. The van der Waals surface area contributed by atoms with E-state index in [2.05, 4.69) is 215 Å². The molecule has 5 nitrogen and oxygen atoms in total. The third kappa shape index (κ3) is 5.63. The van der Waals surface area contributed by atoms with Gasteiger partial charge in [0, 0.05) is 49.6 Å². The Morgan fingerprint density at radius 3 is 1.44 bits per heavy atom. The Morgan fingerprint density at radius 1 is 0.242 bits per heavy atom. The van der Waals surface area contributed by atoms with Gasteiger partial charge in [0.05, 0.1) is 22.1 Å². The van der Waals surface area contributed by atoms with Crippen molar-refractivity contribution in [3.05, 3.63) is 224 Å². The van der Waals surface area contributed by atoms with Crippen LogP contribution in [0.3, 0.4) is 0 Å². The molecule has 0 amide bonds. The molecule has 14 rings (SSSR count). The van der Waals surface area contributed by atoms with Crippen LogP contribution in [0.15, 0.2) is 224 Å². The fourth-order valence-electron chi connectivity index (χ4n) is 10.4. The van der Waals surface area contributed by atoms with Crippen LogP contribution in [0, 0.1) is 0 Å². The van der Waals surface area contributed by atoms with Crippen molar-refractivity contribution in [2.45, 2.75) is 0 Å². The number of fused-ring (bicyclic) bond motifs is 11. The van der Waals surface area contributed by atoms with E-state index in [9.17, 15) is 0 Å². The minimum atomic E-state index is 0.616. The van der Waals surface area contributed by atoms with Crippen molar-refractivity contribution in [1.29, 1.82) is 0 Å². The lowest BCUT2D eigenvalue weighted by Crippen LogP contribution is -2.01. The van der Waals surface area contributed by atoms with Crippen LogP contribution < -0.4 is 0 Å². The average Bonchev–Trinajstić information content (AvgIpc) is 3.88. The van der Waals surface area contributed by atoms with Crippen LogP contribution in [0.5, 0.6) is 0 Å². The van der Waals surface area contributed by atoms with Crippen LogP contribution in [0.4, 0.5) is 0 Å². The predicted octanol–water partition coefficient (Wildman–Crippen LogP) is 15.7. The number of rotatable bonds is 5. The number of benzene rings is 11. The van der Waals surface area contributed by atoms with Gasteiger partial charge in [-0.05, 0) is 110 Å². The van der Waals surface area contributed by atoms with Crippen molar-refractivity contribution in [2.24, 2.45) is 0 Å². The van der Waals surface area contributed by atoms with Crippen LogP contribution in [0.2, 0.25) is 0 Å². The van der Waals surface area contributed by atoms with E-state index in [-0.39, 0.29) is 0 Å². The van der Waals surface area contributed by atoms with Gasteiger partial charge < -0.3 is 9.13 Å². The summed E-state index contributed by atoms with van der Waals surface area (Å²) in [6.07, 6.45) is 0. The van der Waals surface area contributed by atoms with Crippen LogP contribution in [-0.2, 0) is 0 Å². The molecule has 0 unspecified atom stereocenters. The molecule has 3 heterocycles. The van der Waals surface area contributed by atoms with Crippen LogP contribution in [0.25, 0.3) is 132 Å². The van der Waals surface area contributed by atoms with E-state index in [0.717, 1.165) is 49.9 Å². The van der Waals surface area contributed by atoms with E-state index in [0.29, 0.717) is 17.5 Å². The molecule has 0 aliphatic carbocycles. The smallest absolute Gasteiger partial charge is 0.164 e. The molecule has 0 radical (unpaired) electrons. The molecular formula is C61H37N5. The molecule has 0 atom stereocenters. The monoisotopic (exact) mass is 839 g/mol. The zero-order valence-corrected chi connectivity index (χ0v) is 35.6. The molecular weight excluding hydrogens is 803 g/mol. The average molecular weight is 840 g/mol. The van der Waals surface area contributed by atoms with Gasteiger partial charge in [-0.2, -0.15) is 0 Å². The topological polar surface area (TPSA) is 48.5 Å². The quantitative estimate of drug-likeness (QED) is 0.162. The number of hydrogen-bond donors (Lipinski definition) is 0. The first kappa shape index (κ1) is 36.5. The SMILES string of the molecule is c1ccc(-c2nc(-c3cccc(-n4c5ccc(-n6c7ccccc7c7cc8ccccc8cc76)cc5c5cc6ccccc6cc54)c3)nc(-c3cc4ccccc4c4ccccc34)n2)cc1. The summed E-state index contributed by atoms with van der Waals surface area (Å²) in [5.74, 6) is 1.89.